The maximum Gasteiger partial charge on any atom is 0.243 e. The van der Waals surface area contributed by atoms with Gasteiger partial charge in [0, 0.05) is 26.2 Å². The van der Waals surface area contributed by atoms with Crippen molar-refractivity contribution < 1.29 is 13.2 Å². The van der Waals surface area contributed by atoms with Crippen LogP contribution in [0.25, 0.3) is 0 Å². The number of rotatable bonds is 5. The van der Waals surface area contributed by atoms with Crippen LogP contribution < -0.4 is 4.74 Å². The molecule has 0 aliphatic carbocycles. The highest BCUT2D eigenvalue weighted by Gasteiger charge is 2.27. The fourth-order valence-electron chi connectivity index (χ4n) is 2.31. The molecule has 0 atom stereocenters. The number of piperazine rings is 1. The van der Waals surface area contributed by atoms with E-state index in [1.54, 1.807) is 28.6 Å². The highest BCUT2D eigenvalue weighted by atomic mass is 32.2. The summed E-state index contributed by atoms with van der Waals surface area (Å²) in [5.74, 6) is 0.697. The fourth-order valence-corrected chi connectivity index (χ4v) is 3.73. The van der Waals surface area contributed by atoms with Gasteiger partial charge in [0.15, 0.2) is 0 Å². The van der Waals surface area contributed by atoms with Crippen molar-refractivity contribution in [2.75, 3.05) is 39.3 Å². The zero-order chi connectivity index (χ0) is 14.6. The Hall–Kier alpha value is -1.11. The van der Waals surface area contributed by atoms with E-state index in [4.69, 9.17) is 4.74 Å². The molecule has 0 N–H and O–H groups in total. The van der Waals surface area contributed by atoms with Gasteiger partial charge in [0.2, 0.25) is 10.0 Å². The van der Waals surface area contributed by atoms with Crippen molar-refractivity contribution in [3.63, 3.8) is 0 Å². The first-order chi connectivity index (χ1) is 9.57. The number of likely N-dealkylation sites (N-methyl/N-ethyl adjacent to an activating group) is 1. The highest BCUT2D eigenvalue weighted by molar-refractivity contribution is 7.89. The lowest BCUT2D eigenvalue weighted by atomic mass is 10.3. The molecule has 1 aliphatic heterocycles. The van der Waals surface area contributed by atoms with E-state index in [1.165, 1.54) is 0 Å². The topological polar surface area (TPSA) is 49.9 Å². The summed E-state index contributed by atoms with van der Waals surface area (Å²) in [7, 11) is -3.37. The van der Waals surface area contributed by atoms with Crippen molar-refractivity contribution in [1.29, 1.82) is 0 Å². The molecule has 0 spiro atoms. The van der Waals surface area contributed by atoms with Crippen molar-refractivity contribution in [3.8, 4) is 5.75 Å². The Morgan fingerprint density at radius 1 is 1.05 bits per heavy atom. The maximum absolute atomic E-state index is 12.5. The van der Waals surface area contributed by atoms with Gasteiger partial charge in [0.1, 0.15) is 5.75 Å². The molecule has 1 saturated heterocycles. The van der Waals surface area contributed by atoms with Crippen molar-refractivity contribution in [2.45, 2.75) is 18.7 Å². The van der Waals surface area contributed by atoms with Gasteiger partial charge >= 0.3 is 0 Å². The van der Waals surface area contributed by atoms with Crippen molar-refractivity contribution in [3.05, 3.63) is 24.3 Å². The minimum Gasteiger partial charge on any atom is -0.494 e. The number of benzene rings is 1. The van der Waals surface area contributed by atoms with Gasteiger partial charge in [-0.3, -0.25) is 0 Å². The molecule has 1 aliphatic rings. The van der Waals surface area contributed by atoms with Gasteiger partial charge in [0.25, 0.3) is 0 Å². The predicted octanol–water partition coefficient (Wildman–Crippen LogP) is 1.41. The average Bonchev–Trinajstić information content (AvgIpc) is 2.48. The van der Waals surface area contributed by atoms with E-state index in [2.05, 4.69) is 11.8 Å². The van der Waals surface area contributed by atoms with Crippen LogP contribution in [0.2, 0.25) is 0 Å². The van der Waals surface area contributed by atoms with Crippen LogP contribution in [0.1, 0.15) is 13.8 Å². The number of hydrogen-bond donors (Lipinski definition) is 0. The first-order valence-electron chi connectivity index (χ1n) is 7.03. The van der Waals surface area contributed by atoms with Crippen LogP contribution in [0.15, 0.2) is 29.2 Å². The standard InChI is InChI=1S/C14H22N2O3S/c1-3-15-9-11-16(12-10-15)20(17,18)14-7-5-13(6-8-14)19-4-2/h5-8H,3-4,9-12H2,1-2H3. The minimum absolute atomic E-state index is 0.339. The summed E-state index contributed by atoms with van der Waals surface area (Å²) in [6, 6.07) is 6.65. The molecule has 6 heteroatoms. The summed E-state index contributed by atoms with van der Waals surface area (Å²) in [5, 5.41) is 0. The van der Waals surface area contributed by atoms with Crippen LogP contribution in [0.3, 0.4) is 0 Å². The van der Waals surface area contributed by atoms with E-state index in [0.29, 0.717) is 30.3 Å². The van der Waals surface area contributed by atoms with E-state index in [0.717, 1.165) is 19.6 Å². The minimum atomic E-state index is -3.37. The molecule has 1 fully saturated rings. The molecule has 2 rings (SSSR count). The molecule has 0 amide bonds. The van der Waals surface area contributed by atoms with E-state index < -0.39 is 10.0 Å². The van der Waals surface area contributed by atoms with Gasteiger partial charge in [-0.15, -0.1) is 0 Å². The number of ether oxygens (including phenoxy) is 1. The van der Waals surface area contributed by atoms with Crippen LogP contribution in [0, 0.1) is 0 Å². The van der Waals surface area contributed by atoms with Gasteiger partial charge in [-0.05, 0) is 37.7 Å². The second kappa shape index (κ2) is 6.56. The van der Waals surface area contributed by atoms with Crippen LogP contribution in [0.4, 0.5) is 0 Å². The first kappa shape index (κ1) is 15.3. The zero-order valence-electron chi connectivity index (χ0n) is 12.1. The summed E-state index contributed by atoms with van der Waals surface area (Å²) < 4.78 is 31.9. The third kappa shape index (κ3) is 3.31. The summed E-state index contributed by atoms with van der Waals surface area (Å²) in [6.07, 6.45) is 0. The first-order valence-corrected chi connectivity index (χ1v) is 8.47. The highest BCUT2D eigenvalue weighted by Crippen LogP contribution is 2.20. The Morgan fingerprint density at radius 3 is 2.15 bits per heavy atom. The molecular formula is C14H22N2O3S. The lowest BCUT2D eigenvalue weighted by Gasteiger charge is -2.33. The smallest absolute Gasteiger partial charge is 0.243 e. The van der Waals surface area contributed by atoms with Crippen LogP contribution >= 0.6 is 0 Å². The summed E-state index contributed by atoms with van der Waals surface area (Å²) >= 11 is 0. The Kier molecular flexibility index (Phi) is 5.01. The zero-order valence-corrected chi connectivity index (χ0v) is 12.9. The normalized spacial score (nSPS) is 18.1. The van der Waals surface area contributed by atoms with Crippen molar-refractivity contribution in [1.82, 2.24) is 9.21 Å². The second-order valence-electron chi connectivity index (χ2n) is 4.74. The van der Waals surface area contributed by atoms with Crippen molar-refractivity contribution >= 4 is 10.0 Å². The Morgan fingerprint density at radius 2 is 1.65 bits per heavy atom. The second-order valence-corrected chi connectivity index (χ2v) is 6.68. The molecule has 0 radical (unpaired) electrons. The predicted molar refractivity (Wildman–Crippen MR) is 78.5 cm³/mol. The Bertz CT molecular complexity index is 520. The van der Waals surface area contributed by atoms with Gasteiger partial charge < -0.3 is 9.64 Å². The number of sulfonamides is 1. The third-order valence-electron chi connectivity index (χ3n) is 3.55. The summed E-state index contributed by atoms with van der Waals surface area (Å²) in [4.78, 5) is 2.59. The summed E-state index contributed by atoms with van der Waals surface area (Å²) in [5.41, 5.74) is 0. The van der Waals surface area contributed by atoms with Crippen LogP contribution in [-0.2, 0) is 10.0 Å². The summed E-state index contributed by atoms with van der Waals surface area (Å²) in [6.45, 7) is 8.25. The van der Waals surface area contributed by atoms with Gasteiger partial charge in [-0.25, -0.2) is 8.42 Å². The molecule has 1 heterocycles. The molecule has 0 bridgehead atoms. The molecule has 1 aromatic rings. The molecule has 112 valence electrons. The average molecular weight is 298 g/mol. The SMILES string of the molecule is CCOc1ccc(S(=O)(=O)N2CCN(CC)CC2)cc1. The van der Waals surface area contributed by atoms with E-state index in [-0.39, 0.29) is 0 Å². The quantitative estimate of drug-likeness (QED) is 0.825. The lowest BCUT2D eigenvalue weighted by molar-refractivity contribution is 0.196. The molecule has 0 aromatic heterocycles. The number of nitrogens with zero attached hydrogens (tertiary/aromatic N) is 2. The molecule has 1 aromatic carbocycles. The van der Waals surface area contributed by atoms with Gasteiger partial charge in [0.05, 0.1) is 11.5 Å². The number of hydrogen-bond acceptors (Lipinski definition) is 4. The molecule has 0 unspecified atom stereocenters. The van der Waals surface area contributed by atoms with Crippen molar-refractivity contribution in [2.24, 2.45) is 0 Å². The third-order valence-corrected chi connectivity index (χ3v) is 5.46. The van der Waals surface area contributed by atoms with Gasteiger partial charge in [-0.1, -0.05) is 6.92 Å². The van der Waals surface area contributed by atoms with E-state index in [1.807, 2.05) is 6.92 Å². The van der Waals surface area contributed by atoms with Crippen LogP contribution in [0.5, 0.6) is 5.75 Å². The maximum atomic E-state index is 12.5. The van der Waals surface area contributed by atoms with Crippen LogP contribution in [-0.4, -0.2) is 57.0 Å². The monoisotopic (exact) mass is 298 g/mol. The van der Waals surface area contributed by atoms with E-state index in [9.17, 15) is 8.42 Å². The molecule has 20 heavy (non-hydrogen) atoms. The largest absolute Gasteiger partial charge is 0.494 e. The fraction of sp³-hybridized carbons (Fsp3) is 0.571. The van der Waals surface area contributed by atoms with Gasteiger partial charge in [-0.2, -0.15) is 4.31 Å². The molecule has 0 saturated carbocycles. The molecular weight excluding hydrogens is 276 g/mol. The Balaban J connectivity index is 2.10. The molecule has 5 nitrogen and oxygen atoms in total. The lowest BCUT2D eigenvalue weighted by Crippen LogP contribution is -2.48. The Labute approximate surface area is 121 Å². The van der Waals surface area contributed by atoms with E-state index >= 15 is 0 Å².